The van der Waals surface area contributed by atoms with Crippen molar-refractivity contribution >= 4 is 11.9 Å². The first-order valence-electron chi connectivity index (χ1n) is 6.38. The highest BCUT2D eigenvalue weighted by atomic mass is 16.5. The summed E-state index contributed by atoms with van der Waals surface area (Å²) in [7, 11) is 0. The Balaban J connectivity index is 2.54. The molecule has 0 spiro atoms. The van der Waals surface area contributed by atoms with Gasteiger partial charge in [-0.25, -0.2) is 4.79 Å². The highest BCUT2D eigenvalue weighted by Gasteiger charge is 2.33. The van der Waals surface area contributed by atoms with Crippen LogP contribution >= 0.6 is 0 Å². The van der Waals surface area contributed by atoms with Crippen molar-refractivity contribution in [2.24, 2.45) is 11.7 Å². The van der Waals surface area contributed by atoms with Gasteiger partial charge >= 0.3 is 5.97 Å². The number of carbonyl (C=O) groups excluding carboxylic acids is 1. The van der Waals surface area contributed by atoms with Crippen LogP contribution in [0.15, 0.2) is 0 Å². The molecule has 0 aromatic carbocycles. The largest absolute Gasteiger partial charge is 0.480 e. The van der Waals surface area contributed by atoms with E-state index in [2.05, 4.69) is 5.32 Å². The molecule has 4 atom stereocenters. The van der Waals surface area contributed by atoms with Crippen LogP contribution in [0.2, 0.25) is 0 Å². The van der Waals surface area contributed by atoms with E-state index in [1.807, 2.05) is 6.92 Å². The molecule has 1 rings (SSSR count). The summed E-state index contributed by atoms with van der Waals surface area (Å²) < 4.78 is 5.44. The van der Waals surface area contributed by atoms with E-state index in [1.165, 1.54) is 0 Å². The lowest BCUT2D eigenvalue weighted by atomic mass is 9.99. The molecular formula is C12H22N2O4. The second-order valence-electron chi connectivity index (χ2n) is 4.77. The molecular weight excluding hydrogens is 236 g/mol. The van der Waals surface area contributed by atoms with Crippen molar-refractivity contribution in [3.8, 4) is 0 Å². The molecule has 3 unspecified atom stereocenters. The van der Waals surface area contributed by atoms with E-state index in [9.17, 15) is 9.59 Å². The van der Waals surface area contributed by atoms with Crippen LogP contribution in [0.4, 0.5) is 0 Å². The smallest absolute Gasteiger partial charge is 0.326 e. The predicted molar refractivity (Wildman–Crippen MR) is 66.0 cm³/mol. The Kier molecular flexibility index (Phi) is 5.55. The Bertz CT molecular complexity index is 308. The van der Waals surface area contributed by atoms with Gasteiger partial charge in [-0.15, -0.1) is 0 Å². The van der Waals surface area contributed by atoms with E-state index in [0.717, 1.165) is 6.42 Å². The zero-order valence-corrected chi connectivity index (χ0v) is 10.9. The molecule has 1 fully saturated rings. The molecule has 104 valence electrons. The molecule has 0 aliphatic carbocycles. The number of carboxylic acids is 1. The Labute approximate surface area is 107 Å². The van der Waals surface area contributed by atoms with Gasteiger partial charge in [0.15, 0.2) is 0 Å². The van der Waals surface area contributed by atoms with Gasteiger partial charge in [-0.05, 0) is 18.8 Å². The Hall–Kier alpha value is -1.14. The second-order valence-corrected chi connectivity index (χ2v) is 4.77. The number of aliphatic carboxylic acids is 1. The fourth-order valence-corrected chi connectivity index (χ4v) is 2.00. The van der Waals surface area contributed by atoms with Crippen molar-refractivity contribution in [2.75, 3.05) is 6.54 Å². The highest BCUT2D eigenvalue weighted by Crippen LogP contribution is 2.19. The number of rotatable bonds is 6. The molecule has 0 radical (unpaired) electrons. The summed E-state index contributed by atoms with van der Waals surface area (Å²) in [6.45, 7) is 4.08. The third-order valence-corrected chi connectivity index (χ3v) is 3.44. The first-order chi connectivity index (χ1) is 8.49. The maximum atomic E-state index is 11.9. The molecule has 18 heavy (non-hydrogen) atoms. The number of amides is 1. The molecule has 6 nitrogen and oxygen atoms in total. The predicted octanol–water partition coefficient (Wildman–Crippen LogP) is 0.108. The topological polar surface area (TPSA) is 102 Å². The summed E-state index contributed by atoms with van der Waals surface area (Å²) in [5.41, 5.74) is 5.46. The molecule has 1 amide bonds. The van der Waals surface area contributed by atoms with Gasteiger partial charge in [-0.1, -0.05) is 20.3 Å². The third-order valence-electron chi connectivity index (χ3n) is 3.44. The summed E-state index contributed by atoms with van der Waals surface area (Å²) >= 11 is 0. The zero-order chi connectivity index (χ0) is 13.7. The number of nitrogens with one attached hydrogen (secondary N) is 1. The Morgan fingerprint density at radius 3 is 2.61 bits per heavy atom. The molecule has 4 N–H and O–H groups in total. The van der Waals surface area contributed by atoms with E-state index < -0.39 is 18.1 Å². The zero-order valence-electron chi connectivity index (χ0n) is 10.9. The lowest BCUT2D eigenvalue weighted by molar-refractivity contribution is -0.145. The number of carboxylic acid groups (broad SMARTS) is 1. The molecule has 0 aromatic heterocycles. The monoisotopic (exact) mass is 258 g/mol. The minimum atomic E-state index is -1.01. The van der Waals surface area contributed by atoms with Crippen LogP contribution in [-0.4, -0.2) is 41.8 Å². The maximum Gasteiger partial charge on any atom is 0.326 e. The SMILES string of the molecule is CCC(C)[C@H](NC(=O)C1CCC(CN)O1)C(=O)O. The summed E-state index contributed by atoms with van der Waals surface area (Å²) in [6.07, 6.45) is 1.38. The minimum absolute atomic E-state index is 0.0902. The molecule has 0 aromatic rings. The Morgan fingerprint density at radius 2 is 2.17 bits per heavy atom. The van der Waals surface area contributed by atoms with Gasteiger partial charge in [0, 0.05) is 6.54 Å². The van der Waals surface area contributed by atoms with Crippen molar-refractivity contribution < 1.29 is 19.4 Å². The summed E-state index contributed by atoms with van der Waals surface area (Å²) in [6, 6.07) is -0.858. The molecule has 0 saturated carbocycles. The molecule has 6 heteroatoms. The van der Waals surface area contributed by atoms with Gasteiger partial charge in [0.1, 0.15) is 12.1 Å². The van der Waals surface area contributed by atoms with Crippen molar-refractivity contribution in [3.05, 3.63) is 0 Å². The number of ether oxygens (including phenoxy) is 1. The lowest BCUT2D eigenvalue weighted by Crippen LogP contribution is -2.48. The van der Waals surface area contributed by atoms with E-state index >= 15 is 0 Å². The van der Waals surface area contributed by atoms with E-state index in [0.29, 0.717) is 19.4 Å². The molecule has 1 saturated heterocycles. The van der Waals surface area contributed by atoms with E-state index in [4.69, 9.17) is 15.6 Å². The number of hydrogen-bond donors (Lipinski definition) is 3. The minimum Gasteiger partial charge on any atom is -0.480 e. The van der Waals surface area contributed by atoms with Crippen LogP contribution in [0.3, 0.4) is 0 Å². The van der Waals surface area contributed by atoms with Crippen molar-refractivity contribution in [2.45, 2.75) is 51.4 Å². The fraction of sp³-hybridized carbons (Fsp3) is 0.833. The average Bonchev–Trinajstić information content (AvgIpc) is 2.83. The second kappa shape index (κ2) is 6.70. The average molecular weight is 258 g/mol. The maximum absolute atomic E-state index is 11.9. The molecule has 1 heterocycles. The van der Waals surface area contributed by atoms with Gasteiger partial charge in [-0.2, -0.15) is 0 Å². The number of nitrogens with two attached hydrogens (primary N) is 1. The molecule has 1 aliphatic heterocycles. The van der Waals surface area contributed by atoms with Gasteiger partial charge in [0.25, 0.3) is 0 Å². The summed E-state index contributed by atoms with van der Waals surface area (Å²) in [5.74, 6) is -1.47. The summed E-state index contributed by atoms with van der Waals surface area (Å²) in [5, 5.41) is 11.6. The first kappa shape index (κ1) is 14.9. The van der Waals surface area contributed by atoms with Crippen LogP contribution in [0.1, 0.15) is 33.1 Å². The van der Waals surface area contributed by atoms with Crippen LogP contribution in [0, 0.1) is 5.92 Å². The summed E-state index contributed by atoms with van der Waals surface area (Å²) in [4.78, 5) is 23.0. The number of carbonyl (C=O) groups is 2. The highest BCUT2D eigenvalue weighted by molar-refractivity contribution is 5.86. The van der Waals surface area contributed by atoms with Crippen LogP contribution in [0.25, 0.3) is 0 Å². The van der Waals surface area contributed by atoms with Gasteiger partial charge in [0.2, 0.25) is 5.91 Å². The van der Waals surface area contributed by atoms with E-state index in [-0.39, 0.29) is 17.9 Å². The molecule has 0 bridgehead atoms. The van der Waals surface area contributed by atoms with Crippen LogP contribution < -0.4 is 11.1 Å². The lowest BCUT2D eigenvalue weighted by Gasteiger charge is -2.22. The third kappa shape index (κ3) is 3.68. The van der Waals surface area contributed by atoms with E-state index in [1.54, 1.807) is 6.92 Å². The van der Waals surface area contributed by atoms with Gasteiger partial charge < -0.3 is 20.9 Å². The Morgan fingerprint density at radius 1 is 1.50 bits per heavy atom. The first-order valence-corrected chi connectivity index (χ1v) is 6.38. The van der Waals surface area contributed by atoms with Crippen LogP contribution in [0.5, 0.6) is 0 Å². The standard InChI is InChI=1S/C12H22N2O4/c1-3-7(2)10(12(16)17)14-11(15)9-5-4-8(6-13)18-9/h7-10H,3-6,13H2,1-2H3,(H,14,15)(H,16,17)/t7?,8?,9?,10-/m0/s1. The van der Waals surface area contributed by atoms with Gasteiger partial charge in [-0.3, -0.25) is 4.79 Å². The van der Waals surface area contributed by atoms with Gasteiger partial charge in [0.05, 0.1) is 6.10 Å². The normalized spacial score (nSPS) is 26.6. The van der Waals surface area contributed by atoms with Crippen molar-refractivity contribution in [1.29, 1.82) is 0 Å². The molecule has 1 aliphatic rings. The van der Waals surface area contributed by atoms with Crippen molar-refractivity contribution in [3.63, 3.8) is 0 Å². The quantitative estimate of drug-likeness (QED) is 0.627. The van der Waals surface area contributed by atoms with Crippen molar-refractivity contribution in [1.82, 2.24) is 5.32 Å². The number of hydrogen-bond acceptors (Lipinski definition) is 4. The van der Waals surface area contributed by atoms with Crippen LogP contribution in [-0.2, 0) is 14.3 Å². The fourth-order valence-electron chi connectivity index (χ4n) is 2.00.